The second-order valence-corrected chi connectivity index (χ2v) is 22.2. The molecule has 4 fully saturated rings. The van der Waals surface area contributed by atoms with Crippen molar-refractivity contribution in [3.05, 3.63) is 101 Å². The number of aliphatic hydroxyl groups is 1. The van der Waals surface area contributed by atoms with Crippen LogP contribution in [0.3, 0.4) is 0 Å². The number of pyridine rings is 1. The monoisotopic (exact) mass is 1170 g/mol. The molecule has 0 saturated carbocycles. The van der Waals surface area contributed by atoms with E-state index in [2.05, 4.69) is 47.0 Å². The third kappa shape index (κ3) is 14.3. The molecule has 0 radical (unpaired) electrons. The normalized spacial score (nSPS) is 20.1. The highest BCUT2D eigenvalue weighted by Gasteiger charge is 2.57. The largest absolute Gasteiger partial charge is 0.453 e. The molecule has 7 atom stereocenters. The van der Waals surface area contributed by atoms with Gasteiger partial charge in [-0.05, 0) is 101 Å². The Bertz CT molecular complexity index is 2980. The van der Waals surface area contributed by atoms with E-state index in [0.717, 1.165) is 71.3 Å². The molecule has 4 aliphatic heterocycles. The molecular formula is C56H66F8N10O9. The number of ether oxygens (including phenoxy) is 4. The number of alkyl halides is 6. The van der Waals surface area contributed by atoms with E-state index in [1.807, 2.05) is 22.8 Å². The number of benzene rings is 2. The first-order valence-corrected chi connectivity index (χ1v) is 26.8. The Balaban J connectivity index is 1.08. The Hall–Kier alpha value is -7.12. The molecule has 83 heavy (non-hydrogen) atoms. The van der Waals surface area contributed by atoms with E-state index in [9.17, 15) is 50.6 Å². The first-order valence-electron chi connectivity index (χ1n) is 26.8. The van der Waals surface area contributed by atoms with Crippen molar-refractivity contribution < 1.29 is 78.4 Å². The van der Waals surface area contributed by atoms with Gasteiger partial charge in [0, 0.05) is 79.5 Å². The number of halogens is 8. The maximum atomic E-state index is 16.3. The summed E-state index contributed by atoms with van der Waals surface area (Å²) in [6, 6.07) is 7.87. The van der Waals surface area contributed by atoms with Gasteiger partial charge in [0.15, 0.2) is 0 Å². The Kier molecular flexibility index (Phi) is 18.9. The summed E-state index contributed by atoms with van der Waals surface area (Å²) in [4.78, 5) is 62.8. The average molecular weight is 1180 g/mol. The van der Waals surface area contributed by atoms with Crippen molar-refractivity contribution in [2.75, 3.05) is 65.2 Å². The first-order chi connectivity index (χ1) is 39.2. The number of nitrogens with one attached hydrogen (secondary N) is 4. The van der Waals surface area contributed by atoms with Gasteiger partial charge < -0.3 is 44.9 Å². The maximum Gasteiger partial charge on any atom is 0.407 e. The molecule has 0 spiro atoms. The summed E-state index contributed by atoms with van der Waals surface area (Å²) in [6.45, 7) is 4.42. The summed E-state index contributed by atoms with van der Waals surface area (Å²) >= 11 is 0. The van der Waals surface area contributed by atoms with Crippen LogP contribution >= 0.6 is 0 Å². The Labute approximate surface area is 473 Å². The van der Waals surface area contributed by atoms with Crippen LogP contribution in [-0.2, 0) is 41.5 Å². The van der Waals surface area contributed by atoms with E-state index in [4.69, 9.17) is 14.5 Å². The number of fused-ring (bicyclic) bond motifs is 2. The second-order valence-electron chi connectivity index (χ2n) is 22.2. The summed E-state index contributed by atoms with van der Waals surface area (Å²) in [7, 11) is 1.67. The van der Waals surface area contributed by atoms with Crippen molar-refractivity contribution in [3.8, 4) is 23.1 Å². The number of piperazine rings is 1. The number of hydrogen-bond donors (Lipinski definition) is 5. The van der Waals surface area contributed by atoms with Crippen LogP contribution in [0, 0.1) is 34.3 Å². The van der Waals surface area contributed by atoms with Gasteiger partial charge >= 0.3 is 24.5 Å². The lowest BCUT2D eigenvalue weighted by molar-refractivity contribution is -0.221. The Morgan fingerprint density at radius 1 is 0.747 bits per heavy atom. The van der Waals surface area contributed by atoms with Crippen LogP contribution < -0.4 is 26.3 Å². The number of aromatic nitrogens is 3. The van der Waals surface area contributed by atoms with Gasteiger partial charge in [0.25, 0.3) is 5.91 Å². The molecule has 4 amide bonds. The number of aliphatic hydroxyl groups excluding tert-OH is 1. The van der Waals surface area contributed by atoms with Crippen LogP contribution in [0.15, 0.2) is 67.0 Å². The average Bonchev–Trinajstić information content (AvgIpc) is 4.08. The van der Waals surface area contributed by atoms with Gasteiger partial charge in [0.05, 0.1) is 74.8 Å². The number of alkyl carbamates (subject to hydrolysis) is 2. The van der Waals surface area contributed by atoms with Crippen molar-refractivity contribution in [1.82, 2.24) is 46.0 Å². The molecule has 8 rings (SSSR count). The number of methoxy groups -OCH3 is 2. The molecule has 2 unspecified atom stereocenters. The molecule has 27 heteroatoms. The molecular weight excluding hydrogens is 1110 g/mol. The van der Waals surface area contributed by atoms with Crippen LogP contribution in [0.5, 0.6) is 0 Å². The molecule has 19 nitrogen and oxygen atoms in total. The SMILES string of the molecule is COC(=O)N[C@H](C(=O)N[C@@H](Cc1ccc(C#Cc2ccc(N3CC4CCC(C3)N4C3COC3)nc2)cc1)[C@@H](O)CN(Cc1c(F)cc(-c2ccn([C@H]3CCOC3)n2)cc1F)NC(=O)[C@@H](NC(=O)OC)C(C)(C)C(F)(F)F)C(C)(C)C(F)(F)F. The Morgan fingerprint density at radius 2 is 1.31 bits per heavy atom. The van der Waals surface area contributed by atoms with Crippen LogP contribution in [0.25, 0.3) is 11.3 Å². The summed E-state index contributed by atoms with van der Waals surface area (Å²) in [5.41, 5.74) is -3.20. The maximum absolute atomic E-state index is 16.3. The highest BCUT2D eigenvalue weighted by atomic mass is 19.4. The fourth-order valence-electron chi connectivity index (χ4n) is 10.5. The number of rotatable bonds is 19. The molecule has 4 aliphatic rings. The molecule has 450 valence electrons. The zero-order chi connectivity index (χ0) is 60.2. The topological polar surface area (TPSA) is 214 Å². The van der Waals surface area contributed by atoms with Crippen molar-refractivity contribution in [1.29, 1.82) is 0 Å². The van der Waals surface area contributed by atoms with Crippen LogP contribution in [0.2, 0.25) is 0 Å². The molecule has 2 aromatic carbocycles. The molecule has 2 aromatic heterocycles. The fraction of sp³-hybridized carbons (Fsp3) is 0.536. The van der Waals surface area contributed by atoms with Gasteiger partial charge in [-0.2, -0.15) is 31.4 Å². The minimum Gasteiger partial charge on any atom is -0.453 e. The summed E-state index contributed by atoms with van der Waals surface area (Å²) < 4.78 is 142. The molecule has 4 aromatic rings. The van der Waals surface area contributed by atoms with Gasteiger partial charge in [-0.15, -0.1) is 0 Å². The zero-order valence-electron chi connectivity index (χ0n) is 46.4. The van der Waals surface area contributed by atoms with E-state index < -0.39 is 108 Å². The van der Waals surface area contributed by atoms with Gasteiger partial charge in [-0.25, -0.2) is 28.4 Å². The Morgan fingerprint density at radius 3 is 1.83 bits per heavy atom. The summed E-state index contributed by atoms with van der Waals surface area (Å²) in [6.07, 6.45) is -9.61. The molecule has 2 bridgehead atoms. The van der Waals surface area contributed by atoms with Crippen molar-refractivity contribution in [2.45, 2.75) is 121 Å². The van der Waals surface area contributed by atoms with Crippen molar-refractivity contribution >= 4 is 29.8 Å². The number of nitrogens with zero attached hydrogens (tertiary/aromatic N) is 6. The van der Waals surface area contributed by atoms with E-state index in [1.54, 1.807) is 29.2 Å². The van der Waals surface area contributed by atoms with Crippen LogP contribution in [-0.4, -0.2) is 169 Å². The predicted molar refractivity (Wildman–Crippen MR) is 283 cm³/mol. The van der Waals surface area contributed by atoms with Crippen molar-refractivity contribution in [2.24, 2.45) is 10.8 Å². The summed E-state index contributed by atoms with van der Waals surface area (Å²) in [5, 5.41) is 23.3. The second kappa shape index (κ2) is 25.4. The fourth-order valence-corrected chi connectivity index (χ4v) is 10.5. The number of hydrogen-bond acceptors (Lipinski definition) is 14. The highest BCUT2D eigenvalue weighted by molar-refractivity contribution is 5.87. The lowest BCUT2D eigenvalue weighted by Gasteiger charge is -2.47. The van der Waals surface area contributed by atoms with Crippen molar-refractivity contribution in [3.63, 3.8) is 0 Å². The van der Waals surface area contributed by atoms with E-state index in [0.29, 0.717) is 87.2 Å². The highest BCUT2D eigenvalue weighted by Crippen LogP contribution is 2.42. The number of hydrazine groups is 1. The standard InChI is InChI=1S/C56H66F8N10O9/c1-53(2,55(59,60)61)47(67-51(78)80-5)49(76)66-44(21-33-10-7-32(8-11-33)9-12-34-13-16-46(65-24-34)71-25-36-14-15-37(26-71)74(36)39-30-83-31-39)45(75)28-72(70-50(77)48(68-52(79)81-6)54(3,4)56(62,63)64)27-40-41(57)22-35(23-42(40)58)43-17-19-73(69-43)38-18-20-82-29-38/h7-8,10-11,13,16-17,19,22-24,36-39,44-45,47-48,75H,14-15,18,20-21,25-31H2,1-6H3,(H,66,76)(H,67,78)(H,68,79)(H,70,77)/t36?,37?,38-,44-,45-,47+,48+/m0/s1. The number of carbonyl (C=O) groups is 4. The van der Waals surface area contributed by atoms with Gasteiger partial charge in [-0.1, -0.05) is 24.0 Å². The molecule has 4 saturated heterocycles. The zero-order valence-corrected chi connectivity index (χ0v) is 46.4. The third-order valence-electron chi connectivity index (χ3n) is 15.9. The predicted octanol–water partition coefficient (Wildman–Crippen LogP) is 6.18. The molecule has 6 heterocycles. The van der Waals surface area contributed by atoms with E-state index >= 15 is 8.78 Å². The quantitative estimate of drug-likeness (QED) is 0.0403. The van der Waals surface area contributed by atoms with Gasteiger partial charge in [0.1, 0.15) is 29.5 Å². The number of carbonyl (C=O) groups excluding carboxylic acids is 4. The first kappa shape index (κ1) is 61.9. The number of anilines is 1. The lowest BCUT2D eigenvalue weighted by atomic mass is 9.82. The minimum absolute atomic E-state index is 0.0272. The van der Waals surface area contributed by atoms with E-state index in [1.165, 1.54) is 18.2 Å². The molecule has 0 aliphatic carbocycles. The smallest absolute Gasteiger partial charge is 0.407 e. The number of amides is 4. The summed E-state index contributed by atoms with van der Waals surface area (Å²) in [5.74, 6) is 1.34. The van der Waals surface area contributed by atoms with E-state index in [-0.39, 0.29) is 17.3 Å². The van der Waals surface area contributed by atoms with Gasteiger partial charge in [0.2, 0.25) is 5.91 Å². The minimum atomic E-state index is -5.19. The van der Waals surface area contributed by atoms with Gasteiger partial charge in [-0.3, -0.25) is 24.6 Å². The van der Waals surface area contributed by atoms with Crippen LogP contribution in [0.4, 0.5) is 50.5 Å². The lowest BCUT2D eigenvalue weighted by Crippen LogP contribution is -2.63. The van der Waals surface area contributed by atoms with Crippen LogP contribution in [0.1, 0.15) is 75.3 Å². The molecule has 5 N–H and O–H groups in total. The third-order valence-corrected chi connectivity index (χ3v) is 15.9.